The number of fused-ring (bicyclic) bond motifs is 3. The highest BCUT2D eigenvalue weighted by atomic mass is 16.1. The van der Waals surface area contributed by atoms with Crippen LogP contribution in [-0.2, 0) is 13.0 Å². The molecule has 0 unspecified atom stereocenters. The first-order valence-corrected chi connectivity index (χ1v) is 9.84. The van der Waals surface area contributed by atoms with Crippen LogP contribution in [0.3, 0.4) is 0 Å². The van der Waals surface area contributed by atoms with Crippen LogP contribution in [0.1, 0.15) is 24.8 Å². The number of pyridine rings is 2. The standard InChI is InChI=1S/C23H23N3O/c27-23-21(25-12-4-5-13-25)15-19(17-7-2-1-3-8-17)22-20-16-24-11-10-18(20)9-6-14-26(22)23/h1-3,7-8,10-11,15-16H,4-6,9,12-14H2. The van der Waals surface area contributed by atoms with Gasteiger partial charge in [0.25, 0.3) is 5.56 Å². The minimum Gasteiger partial charge on any atom is -0.367 e. The topological polar surface area (TPSA) is 38.1 Å². The molecular formula is C23H23N3O. The average Bonchev–Trinajstić information content (AvgIpc) is 3.17. The van der Waals surface area contributed by atoms with E-state index in [1.54, 1.807) is 0 Å². The van der Waals surface area contributed by atoms with Gasteiger partial charge in [0.2, 0.25) is 0 Å². The lowest BCUT2D eigenvalue weighted by Gasteiger charge is -2.23. The molecule has 3 aromatic rings. The van der Waals surface area contributed by atoms with Crippen LogP contribution in [0, 0.1) is 0 Å². The van der Waals surface area contributed by atoms with Gasteiger partial charge in [-0.15, -0.1) is 0 Å². The molecule has 4 heterocycles. The highest BCUT2D eigenvalue weighted by Gasteiger charge is 2.25. The fourth-order valence-corrected chi connectivity index (χ4v) is 4.46. The largest absolute Gasteiger partial charge is 0.367 e. The zero-order valence-electron chi connectivity index (χ0n) is 15.4. The molecule has 0 aliphatic carbocycles. The maximum absolute atomic E-state index is 13.4. The number of hydrogen-bond acceptors (Lipinski definition) is 3. The molecule has 0 radical (unpaired) electrons. The molecule has 0 spiro atoms. The lowest BCUT2D eigenvalue weighted by molar-refractivity contribution is 0.640. The molecule has 4 nitrogen and oxygen atoms in total. The van der Waals surface area contributed by atoms with Crippen LogP contribution in [-0.4, -0.2) is 22.6 Å². The second-order valence-electron chi connectivity index (χ2n) is 7.45. The molecule has 27 heavy (non-hydrogen) atoms. The first-order chi connectivity index (χ1) is 13.3. The van der Waals surface area contributed by atoms with Gasteiger partial charge in [-0.3, -0.25) is 9.78 Å². The van der Waals surface area contributed by atoms with Gasteiger partial charge in [-0.1, -0.05) is 30.3 Å². The van der Waals surface area contributed by atoms with Gasteiger partial charge in [-0.25, -0.2) is 0 Å². The Balaban J connectivity index is 1.84. The lowest BCUT2D eigenvalue weighted by atomic mass is 9.96. The Morgan fingerprint density at radius 3 is 2.52 bits per heavy atom. The Morgan fingerprint density at radius 1 is 0.889 bits per heavy atom. The SMILES string of the molecule is O=c1c(N2CCCC2)cc(-c2ccccc2)c2n1CCCc1ccncc1-2. The first-order valence-electron chi connectivity index (χ1n) is 9.84. The molecule has 0 bridgehead atoms. The first kappa shape index (κ1) is 16.3. The van der Waals surface area contributed by atoms with Gasteiger partial charge in [0.05, 0.1) is 5.69 Å². The van der Waals surface area contributed by atoms with Gasteiger partial charge < -0.3 is 9.47 Å². The smallest absolute Gasteiger partial charge is 0.274 e. The van der Waals surface area contributed by atoms with E-state index >= 15 is 0 Å². The summed E-state index contributed by atoms with van der Waals surface area (Å²) in [5, 5.41) is 0. The van der Waals surface area contributed by atoms with Crippen molar-refractivity contribution in [3.63, 3.8) is 0 Å². The van der Waals surface area contributed by atoms with Crippen molar-refractivity contribution in [2.45, 2.75) is 32.2 Å². The molecule has 0 saturated carbocycles. The zero-order valence-corrected chi connectivity index (χ0v) is 15.4. The van der Waals surface area contributed by atoms with Crippen molar-refractivity contribution in [1.29, 1.82) is 0 Å². The van der Waals surface area contributed by atoms with Crippen LogP contribution >= 0.6 is 0 Å². The van der Waals surface area contributed by atoms with E-state index in [0.717, 1.165) is 73.4 Å². The molecule has 2 aliphatic heterocycles. The maximum Gasteiger partial charge on any atom is 0.274 e. The van der Waals surface area contributed by atoms with Gasteiger partial charge in [0, 0.05) is 43.2 Å². The minimum absolute atomic E-state index is 0.142. The molecule has 0 amide bonds. The number of benzene rings is 1. The van der Waals surface area contributed by atoms with Crippen LogP contribution < -0.4 is 10.5 Å². The second-order valence-corrected chi connectivity index (χ2v) is 7.45. The summed E-state index contributed by atoms with van der Waals surface area (Å²) in [5.41, 5.74) is 6.67. The summed E-state index contributed by atoms with van der Waals surface area (Å²) in [6.45, 7) is 2.70. The van der Waals surface area contributed by atoms with Gasteiger partial charge in [0.15, 0.2) is 0 Å². The van der Waals surface area contributed by atoms with Crippen LogP contribution in [0.2, 0.25) is 0 Å². The Hall–Kier alpha value is -2.88. The van der Waals surface area contributed by atoms with E-state index in [1.807, 2.05) is 23.0 Å². The summed E-state index contributed by atoms with van der Waals surface area (Å²) >= 11 is 0. The molecule has 2 aromatic heterocycles. The van der Waals surface area contributed by atoms with E-state index in [0.29, 0.717) is 0 Å². The highest BCUT2D eigenvalue weighted by Crippen LogP contribution is 2.37. The zero-order chi connectivity index (χ0) is 18.2. The third-order valence-electron chi connectivity index (χ3n) is 5.80. The lowest BCUT2D eigenvalue weighted by Crippen LogP contribution is -2.31. The van der Waals surface area contributed by atoms with E-state index in [2.05, 4.69) is 46.3 Å². The molecule has 0 N–H and O–H groups in total. The molecule has 136 valence electrons. The monoisotopic (exact) mass is 357 g/mol. The third-order valence-corrected chi connectivity index (χ3v) is 5.80. The summed E-state index contributed by atoms with van der Waals surface area (Å²) in [4.78, 5) is 20.1. The maximum atomic E-state index is 13.4. The van der Waals surface area contributed by atoms with Crippen LogP contribution in [0.15, 0.2) is 59.7 Å². The van der Waals surface area contributed by atoms with Crippen molar-refractivity contribution < 1.29 is 0 Å². The van der Waals surface area contributed by atoms with E-state index in [-0.39, 0.29) is 5.56 Å². The Labute approximate surface area is 159 Å². The van der Waals surface area contributed by atoms with Gasteiger partial charge in [-0.2, -0.15) is 0 Å². The highest BCUT2D eigenvalue weighted by molar-refractivity contribution is 5.84. The van der Waals surface area contributed by atoms with Crippen molar-refractivity contribution in [3.05, 3.63) is 70.8 Å². The van der Waals surface area contributed by atoms with E-state index in [4.69, 9.17) is 0 Å². The molecular weight excluding hydrogens is 334 g/mol. The molecule has 2 aliphatic rings. The molecule has 0 atom stereocenters. The average molecular weight is 357 g/mol. The normalized spacial score (nSPS) is 15.9. The molecule has 4 heteroatoms. The molecule has 1 fully saturated rings. The minimum atomic E-state index is 0.142. The van der Waals surface area contributed by atoms with Crippen molar-refractivity contribution in [2.24, 2.45) is 0 Å². The summed E-state index contributed by atoms with van der Waals surface area (Å²) < 4.78 is 2.00. The number of anilines is 1. The number of aromatic nitrogens is 2. The predicted octanol–water partition coefficient (Wildman–Crippen LogP) is 4.12. The van der Waals surface area contributed by atoms with E-state index in [9.17, 15) is 4.79 Å². The Kier molecular flexibility index (Phi) is 4.04. The second kappa shape index (κ2) is 6.69. The fourth-order valence-electron chi connectivity index (χ4n) is 4.46. The van der Waals surface area contributed by atoms with E-state index in [1.165, 1.54) is 5.56 Å². The van der Waals surface area contributed by atoms with Crippen molar-refractivity contribution in [1.82, 2.24) is 9.55 Å². The van der Waals surface area contributed by atoms with Gasteiger partial charge >= 0.3 is 0 Å². The molecule has 5 rings (SSSR count). The van der Waals surface area contributed by atoms with Crippen LogP contribution in [0.5, 0.6) is 0 Å². The summed E-state index contributed by atoms with van der Waals surface area (Å²) in [5.74, 6) is 0. The number of rotatable bonds is 2. The summed E-state index contributed by atoms with van der Waals surface area (Å²) in [7, 11) is 0. The van der Waals surface area contributed by atoms with Crippen LogP contribution in [0.4, 0.5) is 5.69 Å². The number of nitrogens with zero attached hydrogens (tertiary/aromatic N) is 3. The van der Waals surface area contributed by atoms with Gasteiger partial charge in [0.1, 0.15) is 5.69 Å². The van der Waals surface area contributed by atoms with Gasteiger partial charge in [-0.05, 0) is 48.9 Å². The Morgan fingerprint density at radius 2 is 1.70 bits per heavy atom. The molecule has 1 aromatic carbocycles. The number of aryl methyl sites for hydroxylation is 1. The van der Waals surface area contributed by atoms with Crippen molar-refractivity contribution in [3.8, 4) is 22.4 Å². The molecule has 1 saturated heterocycles. The third kappa shape index (κ3) is 2.76. The van der Waals surface area contributed by atoms with E-state index < -0.39 is 0 Å². The predicted molar refractivity (Wildman–Crippen MR) is 109 cm³/mol. The van der Waals surface area contributed by atoms with Crippen molar-refractivity contribution in [2.75, 3.05) is 18.0 Å². The van der Waals surface area contributed by atoms with Crippen LogP contribution in [0.25, 0.3) is 22.4 Å². The summed E-state index contributed by atoms with van der Waals surface area (Å²) in [6, 6.07) is 14.6. The summed E-state index contributed by atoms with van der Waals surface area (Å²) in [6.07, 6.45) is 8.05. The quantitative estimate of drug-likeness (QED) is 0.692. The Bertz CT molecular complexity index is 1030. The fraction of sp³-hybridized carbons (Fsp3) is 0.304. The number of hydrogen-bond donors (Lipinski definition) is 0. The van der Waals surface area contributed by atoms with Crippen molar-refractivity contribution >= 4 is 5.69 Å².